The normalized spacial score (nSPS) is 10.1. The molecule has 2 rings (SSSR count). The van der Waals surface area contributed by atoms with Crippen molar-refractivity contribution in [1.29, 1.82) is 0 Å². The number of hydrogen-bond acceptors (Lipinski definition) is 3. The largest absolute Gasteiger partial charge is 0.485 e. The molecular formula is C11H8Cl2N2O. The van der Waals surface area contributed by atoms with Crippen molar-refractivity contribution in [3.63, 3.8) is 0 Å². The van der Waals surface area contributed by atoms with Crippen molar-refractivity contribution < 1.29 is 4.74 Å². The highest BCUT2D eigenvalue weighted by molar-refractivity contribution is 6.32. The van der Waals surface area contributed by atoms with Gasteiger partial charge in [0.25, 0.3) is 0 Å². The Morgan fingerprint density at radius 2 is 1.81 bits per heavy atom. The van der Waals surface area contributed by atoms with Gasteiger partial charge in [0.2, 0.25) is 0 Å². The Kier molecular flexibility index (Phi) is 3.59. The van der Waals surface area contributed by atoms with Crippen molar-refractivity contribution in [3.8, 4) is 5.75 Å². The van der Waals surface area contributed by atoms with Crippen LogP contribution >= 0.6 is 23.2 Å². The molecule has 2 aromatic rings. The molecule has 3 nitrogen and oxygen atoms in total. The summed E-state index contributed by atoms with van der Waals surface area (Å²) in [6, 6.07) is 11.3. The summed E-state index contributed by atoms with van der Waals surface area (Å²) >= 11 is 11.5. The van der Waals surface area contributed by atoms with Gasteiger partial charge in [-0.1, -0.05) is 53.5 Å². The van der Waals surface area contributed by atoms with Crippen molar-refractivity contribution in [2.75, 3.05) is 0 Å². The second kappa shape index (κ2) is 5.14. The maximum Gasteiger partial charge on any atom is 0.193 e. The summed E-state index contributed by atoms with van der Waals surface area (Å²) in [7, 11) is 0. The molecule has 0 aliphatic carbocycles. The lowest BCUT2D eigenvalue weighted by atomic mass is 10.2. The summed E-state index contributed by atoms with van der Waals surface area (Å²) < 4.78 is 5.48. The van der Waals surface area contributed by atoms with Gasteiger partial charge in [0.15, 0.2) is 16.1 Å². The predicted octanol–water partition coefficient (Wildman–Crippen LogP) is 3.36. The summed E-state index contributed by atoms with van der Waals surface area (Å²) in [6.07, 6.45) is 0. The van der Waals surface area contributed by atoms with E-state index in [1.807, 2.05) is 30.3 Å². The van der Waals surface area contributed by atoms with Crippen molar-refractivity contribution in [2.45, 2.75) is 6.61 Å². The van der Waals surface area contributed by atoms with E-state index in [0.717, 1.165) is 5.56 Å². The Morgan fingerprint density at radius 1 is 1.06 bits per heavy atom. The van der Waals surface area contributed by atoms with Gasteiger partial charge in [-0.2, -0.15) is 0 Å². The molecule has 0 fully saturated rings. The van der Waals surface area contributed by atoms with Crippen LogP contribution in [-0.2, 0) is 6.61 Å². The summed E-state index contributed by atoms with van der Waals surface area (Å²) in [4.78, 5) is 0. The van der Waals surface area contributed by atoms with Gasteiger partial charge in [-0.25, -0.2) is 0 Å². The zero-order valence-corrected chi connectivity index (χ0v) is 9.74. The van der Waals surface area contributed by atoms with Crippen molar-refractivity contribution in [2.24, 2.45) is 0 Å². The zero-order valence-electron chi connectivity index (χ0n) is 8.23. The minimum absolute atomic E-state index is 0.209. The van der Waals surface area contributed by atoms with Gasteiger partial charge in [0, 0.05) is 6.07 Å². The van der Waals surface area contributed by atoms with Crippen molar-refractivity contribution >= 4 is 23.2 Å². The molecule has 0 N–H and O–H groups in total. The van der Waals surface area contributed by atoms with Crippen LogP contribution in [-0.4, -0.2) is 10.2 Å². The molecule has 1 aromatic carbocycles. The Morgan fingerprint density at radius 3 is 2.56 bits per heavy atom. The smallest absolute Gasteiger partial charge is 0.193 e. The van der Waals surface area contributed by atoms with E-state index in [-0.39, 0.29) is 10.3 Å². The van der Waals surface area contributed by atoms with Gasteiger partial charge in [-0.3, -0.25) is 0 Å². The van der Waals surface area contributed by atoms with Crippen LogP contribution in [0.2, 0.25) is 10.3 Å². The average molecular weight is 255 g/mol. The summed E-state index contributed by atoms with van der Waals surface area (Å²) in [6.45, 7) is 0.419. The number of halogens is 2. The number of benzene rings is 1. The molecule has 0 bridgehead atoms. The molecule has 0 amide bonds. The van der Waals surface area contributed by atoms with E-state index in [9.17, 15) is 0 Å². The fourth-order valence-electron chi connectivity index (χ4n) is 1.17. The third-order valence-electron chi connectivity index (χ3n) is 1.92. The third kappa shape index (κ3) is 2.84. The molecule has 0 saturated heterocycles. The van der Waals surface area contributed by atoms with E-state index >= 15 is 0 Å². The number of aromatic nitrogens is 2. The lowest BCUT2D eigenvalue weighted by molar-refractivity contribution is 0.304. The maximum absolute atomic E-state index is 5.81. The van der Waals surface area contributed by atoms with Crippen LogP contribution in [0.3, 0.4) is 0 Å². The highest BCUT2D eigenvalue weighted by Crippen LogP contribution is 2.24. The molecule has 0 aliphatic rings. The van der Waals surface area contributed by atoms with Crippen LogP contribution in [0, 0.1) is 0 Å². The zero-order chi connectivity index (χ0) is 11.4. The summed E-state index contributed by atoms with van der Waals surface area (Å²) in [5, 5.41) is 7.71. The topological polar surface area (TPSA) is 35.0 Å². The summed E-state index contributed by atoms with van der Waals surface area (Å²) in [5.41, 5.74) is 1.05. The number of rotatable bonds is 3. The highest BCUT2D eigenvalue weighted by Gasteiger charge is 2.05. The lowest BCUT2D eigenvalue weighted by Crippen LogP contribution is -1.97. The van der Waals surface area contributed by atoms with Crippen LogP contribution < -0.4 is 4.74 Å². The Bertz CT molecular complexity index is 477. The van der Waals surface area contributed by atoms with E-state index in [1.165, 1.54) is 0 Å². The first kappa shape index (κ1) is 11.2. The van der Waals surface area contributed by atoms with Crippen LogP contribution in [0.5, 0.6) is 5.75 Å². The minimum Gasteiger partial charge on any atom is -0.485 e. The van der Waals surface area contributed by atoms with E-state index < -0.39 is 0 Å². The van der Waals surface area contributed by atoms with Gasteiger partial charge in [-0.05, 0) is 5.56 Å². The minimum atomic E-state index is 0.209. The standard InChI is InChI=1S/C11H8Cl2N2O/c12-10-6-9(11(13)15-14-10)16-7-8-4-2-1-3-5-8/h1-6H,7H2. The molecule has 1 heterocycles. The van der Waals surface area contributed by atoms with Crippen molar-refractivity contribution in [3.05, 3.63) is 52.3 Å². The van der Waals surface area contributed by atoms with Crippen LogP contribution in [0.15, 0.2) is 36.4 Å². The monoisotopic (exact) mass is 254 g/mol. The molecule has 82 valence electrons. The van der Waals surface area contributed by atoms with Gasteiger partial charge in [0.1, 0.15) is 6.61 Å². The molecule has 16 heavy (non-hydrogen) atoms. The Labute approximate surface area is 103 Å². The van der Waals surface area contributed by atoms with E-state index in [1.54, 1.807) is 6.07 Å². The fraction of sp³-hybridized carbons (Fsp3) is 0.0909. The number of nitrogens with zero attached hydrogens (tertiary/aromatic N) is 2. The van der Waals surface area contributed by atoms with Gasteiger partial charge < -0.3 is 4.74 Å². The van der Waals surface area contributed by atoms with Gasteiger partial charge >= 0.3 is 0 Å². The Balaban J connectivity index is 2.08. The highest BCUT2D eigenvalue weighted by atomic mass is 35.5. The second-order valence-electron chi connectivity index (χ2n) is 3.10. The second-order valence-corrected chi connectivity index (χ2v) is 3.84. The average Bonchev–Trinajstić information content (AvgIpc) is 2.32. The maximum atomic E-state index is 5.81. The van der Waals surface area contributed by atoms with Crippen LogP contribution in [0.1, 0.15) is 5.56 Å². The molecule has 0 atom stereocenters. The van der Waals surface area contributed by atoms with Crippen molar-refractivity contribution in [1.82, 2.24) is 10.2 Å². The molecule has 5 heteroatoms. The van der Waals surface area contributed by atoms with Crippen LogP contribution in [0.4, 0.5) is 0 Å². The van der Waals surface area contributed by atoms with Gasteiger partial charge in [0.05, 0.1) is 0 Å². The van der Waals surface area contributed by atoms with E-state index in [0.29, 0.717) is 12.4 Å². The molecule has 0 spiro atoms. The lowest BCUT2D eigenvalue weighted by Gasteiger charge is -2.06. The predicted molar refractivity (Wildman–Crippen MR) is 62.8 cm³/mol. The first-order valence-electron chi connectivity index (χ1n) is 4.61. The Hall–Kier alpha value is -1.32. The van der Waals surface area contributed by atoms with E-state index in [4.69, 9.17) is 27.9 Å². The molecule has 0 saturated carbocycles. The fourth-order valence-corrected chi connectivity index (χ4v) is 1.46. The quantitative estimate of drug-likeness (QED) is 0.843. The molecule has 0 aliphatic heterocycles. The molecule has 0 radical (unpaired) electrons. The summed E-state index contributed by atoms with van der Waals surface area (Å²) in [5.74, 6) is 0.436. The van der Waals surface area contributed by atoms with Crippen LogP contribution in [0.25, 0.3) is 0 Å². The van der Waals surface area contributed by atoms with E-state index in [2.05, 4.69) is 10.2 Å². The number of ether oxygens (including phenoxy) is 1. The molecule has 1 aromatic heterocycles. The third-order valence-corrected chi connectivity index (χ3v) is 2.37. The molecule has 0 unspecified atom stereocenters. The first-order valence-corrected chi connectivity index (χ1v) is 5.37. The first-order chi connectivity index (χ1) is 7.75. The number of hydrogen-bond donors (Lipinski definition) is 0. The van der Waals surface area contributed by atoms with Gasteiger partial charge in [-0.15, -0.1) is 10.2 Å². The molecular weight excluding hydrogens is 247 g/mol. The SMILES string of the molecule is Clc1cc(OCc2ccccc2)c(Cl)nn1.